The van der Waals surface area contributed by atoms with Gasteiger partial charge in [-0.1, -0.05) is 0 Å². The highest BCUT2D eigenvalue weighted by Gasteiger charge is 2.14. The van der Waals surface area contributed by atoms with Crippen LogP contribution in [0.15, 0.2) is 54.2 Å². The molecule has 7 nitrogen and oxygen atoms in total. The van der Waals surface area contributed by atoms with Crippen molar-refractivity contribution in [2.24, 2.45) is 5.18 Å². The van der Waals surface area contributed by atoms with Gasteiger partial charge >= 0.3 is 0 Å². The maximum absolute atomic E-state index is 14.1. The minimum atomic E-state index is -0.660. The van der Waals surface area contributed by atoms with Crippen molar-refractivity contribution in [2.45, 2.75) is 6.73 Å². The Morgan fingerprint density at radius 3 is 2.89 bits per heavy atom. The molecule has 0 atom stereocenters. The van der Waals surface area contributed by atoms with Crippen molar-refractivity contribution in [2.75, 3.05) is 7.11 Å². The molecule has 0 spiro atoms. The van der Waals surface area contributed by atoms with Gasteiger partial charge < -0.3 is 14.0 Å². The number of thiophene rings is 1. The first kappa shape index (κ1) is 17.3. The maximum Gasteiger partial charge on any atom is 0.167 e. The molecule has 0 saturated heterocycles. The topological polar surface area (TPSA) is 78.6 Å². The van der Waals surface area contributed by atoms with Crippen LogP contribution in [0.2, 0.25) is 0 Å². The van der Waals surface area contributed by atoms with Crippen LogP contribution in [0.1, 0.15) is 0 Å². The van der Waals surface area contributed by atoms with Crippen molar-refractivity contribution in [3.8, 4) is 22.1 Å². The second kappa shape index (κ2) is 7.22. The van der Waals surface area contributed by atoms with Crippen LogP contribution in [0.4, 0.5) is 10.1 Å². The van der Waals surface area contributed by atoms with Crippen molar-refractivity contribution < 1.29 is 13.9 Å². The van der Waals surface area contributed by atoms with E-state index in [0.717, 1.165) is 26.9 Å². The number of nitroso groups, excluding NO2 is 1. The van der Waals surface area contributed by atoms with Gasteiger partial charge in [-0.2, -0.15) is 0 Å². The van der Waals surface area contributed by atoms with E-state index in [-0.39, 0.29) is 11.4 Å². The third-order valence-corrected chi connectivity index (χ3v) is 4.94. The number of nitrogens with zero attached hydrogens (tertiary/aromatic N) is 4. The molecule has 3 aromatic heterocycles. The predicted molar refractivity (Wildman–Crippen MR) is 99.8 cm³/mol. The summed E-state index contributed by atoms with van der Waals surface area (Å²) in [5.41, 5.74) is 1.51. The molecule has 0 N–H and O–H groups in total. The van der Waals surface area contributed by atoms with Crippen molar-refractivity contribution in [1.82, 2.24) is 14.5 Å². The first-order valence-electron chi connectivity index (χ1n) is 7.88. The highest BCUT2D eigenvalue weighted by molar-refractivity contribution is 7.22. The summed E-state index contributed by atoms with van der Waals surface area (Å²) in [5.74, 6) is -0.181. The molecular formula is C18H13FN4O3S. The average molecular weight is 384 g/mol. The molecule has 27 heavy (non-hydrogen) atoms. The maximum atomic E-state index is 14.1. The fourth-order valence-corrected chi connectivity index (χ4v) is 3.60. The first-order valence-corrected chi connectivity index (χ1v) is 8.70. The van der Waals surface area contributed by atoms with E-state index in [9.17, 15) is 9.30 Å². The molecule has 4 aromatic rings. The van der Waals surface area contributed by atoms with Crippen molar-refractivity contribution in [1.29, 1.82) is 0 Å². The number of fused-ring (bicyclic) bond motifs is 1. The van der Waals surface area contributed by atoms with E-state index in [1.165, 1.54) is 23.5 Å². The predicted octanol–water partition coefficient (Wildman–Crippen LogP) is 5.09. The van der Waals surface area contributed by atoms with Gasteiger partial charge in [-0.05, 0) is 23.4 Å². The number of rotatable bonds is 6. The molecule has 1 aromatic carbocycles. The number of imidazole rings is 1. The highest BCUT2D eigenvalue weighted by atomic mass is 32.1. The second-order valence-corrected chi connectivity index (χ2v) is 6.69. The Kier molecular flexibility index (Phi) is 4.61. The summed E-state index contributed by atoms with van der Waals surface area (Å²) in [6.07, 6.45) is 5.16. The van der Waals surface area contributed by atoms with Gasteiger partial charge in [0.25, 0.3) is 0 Å². The summed E-state index contributed by atoms with van der Waals surface area (Å²) >= 11 is 1.45. The minimum absolute atomic E-state index is 0.00443. The van der Waals surface area contributed by atoms with E-state index in [1.54, 1.807) is 25.7 Å². The smallest absolute Gasteiger partial charge is 0.167 e. The van der Waals surface area contributed by atoms with E-state index < -0.39 is 5.82 Å². The molecule has 136 valence electrons. The Balaban J connectivity index is 1.69. The molecule has 0 amide bonds. The fraction of sp³-hybridized carbons (Fsp3) is 0.111. The van der Waals surface area contributed by atoms with Gasteiger partial charge in [0.15, 0.2) is 11.6 Å². The molecule has 0 radical (unpaired) electrons. The van der Waals surface area contributed by atoms with Gasteiger partial charge in [-0.25, -0.2) is 9.37 Å². The highest BCUT2D eigenvalue weighted by Crippen LogP contribution is 2.39. The number of methoxy groups -OCH3 is 1. The zero-order valence-electron chi connectivity index (χ0n) is 14.1. The molecule has 0 unspecified atom stereocenters. The lowest BCUT2D eigenvalue weighted by Gasteiger charge is -2.07. The molecule has 0 aliphatic rings. The second-order valence-electron chi connectivity index (χ2n) is 5.63. The van der Waals surface area contributed by atoms with E-state index in [1.807, 2.05) is 16.8 Å². The van der Waals surface area contributed by atoms with Crippen LogP contribution >= 0.6 is 11.3 Å². The van der Waals surface area contributed by atoms with Gasteiger partial charge in [0.05, 0.1) is 27.1 Å². The van der Waals surface area contributed by atoms with E-state index in [0.29, 0.717) is 12.5 Å². The number of aromatic nitrogens is 3. The number of benzene rings is 1. The lowest BCUT2D eigenvalue weighted by molar-refractivity contribution is 0.131. The van der Waals surface area contributed by atoms with Crippen LogP contribution in [0.5, 0.6) is 11.5 Å². The number of hydrogen-bond acceptors (Lipinski definition) is 7. The van der Waals surface area contributed by atoms with E-state index in [4.69, 9.17) is 9.47 Å². The summed E-state index contributed by atoms with van der Waals surface area (Å²) in [6.45, 7) is 0.412. The molecule has 4 rings (SSSR count). The Labute approximate surface area is 157 Å². The quantitative estimate of drug-likeness (QED) is 0.433. The summed E-state index contributed by atoms with van der Waals surface area (Å²) in [6, 6.07) is 7.37. The summed E-state index contributed by atoms with van der Waals surface area (Å²) in [5, 5.41) is 2.71. The summed E-state index contributed by atoms with van der Waals surface area (Å²) < 4.78 is 27.5. The molecule has 9 heteroatoms. The number of hydrogen-bond donors (Lipinski definition) is 0. The van der Waals surface area contributed by atoms with Crippen LogP contribution < -0.4 is 4.74 Å². The summed E-state index contributed by atoms with van der Waals surface area (Å²) in [4.78, 5) is 20.1. The normalized spacial score (nSPS) is 11.0. The third kappa shape index (κ3) is 3.42. The fourth-order valence-electron chi connectivity index (χ4n) is 2.58. The van der Waals surface area contributed by atoms with Crippen LogP contribution in [0.3, 0.4) is 0 Å². The van der Waals surface area contributed by atoms with Crippen molar-refractivity contribution in [3.05, 3.63) is 59.8 Å². The zero-order chi connectivity index (χ0) is 18.8. The molecule has 0 bridgehead atoms. The monoisotopic (exact) mass is 384 g/mol. The van der Waals surface area contributed by atoms with Gasteiger partial charge in [-0.15, -0.1) is 16.2 Å². The van der Waals surface area contributed by atoms with Crippen molar-refractivity contribution in [3.63, 3.8) is 0 Å². The molecular weight excluding hydrogens is 371 g/mol. The molecule has 0 saturated carbocycles. The Bertz CT molecular complexity index is 1120. The van der Waals surface area contributed by atoms with Crippen LogP contribution in [0.25, 0.3) is 20.8 Å². The number of pyridine rings is 1. The standard InChI is InChI=1S/C18H13FN4O3S/c1-25-10-23-8-14(21-9-23)17-7-13-18(27-17)16(4-5-20-13)26-15-3-2-11(22-24)6-12(15)19/h2-9H,10H2,1H3. The van der Waals surface area contributed by atoms with Crippen molar-refractivity contribution >= 4 is 27.2 Å². The van der Waals surface area contributed by atoms with Crippen LogP contribution in [0, 0.1) is 10.7 Å². The van der Waals surface area contributed by atoms with E-state index in [2.05, 4.69) is 15.1 Å². The van der Waals surface area contributed by atoms with Gasteiger partial charge in [0, 0.05) is 31.6 Å². The minimum Gasteiger partial charge on any atom is -0.453 e. The Hall–Kier alpha value is -3.17. The SMILES string of the molecule is COCn1cnc(-c2cc3nccc(Oc4ccc(N=O)cc4F)c3s2)c1. The van der Waals surface area contributed by atoms with E-state index >= 15 is 0 Å². The number of ether oxygens (including phenoxy) is 2. The Morgan fingerprint density at radius 1 is 1.22 bits per heavy atom. The molecule has 0 aliphatic carbocycles. The molecule has 0 fully saturated rings. The van der Waals surface area contributed by atoms with Gasteiger partial charge in [0.1, 0.15) is 18.2 Å². The summed E-state index contributed by atoms with van der Waals surface area (Å²) in [7, 11) is 1.61. The van der Waals surface area contributed by atoms with Gasteiger partial charge in [-0.3, -0.25) is 4.98 Å². The zero-order valence-corrected chi connectivity index (χ0v) is 14.9. The molecule has 0 aliphatic heterocycles. The lowest BCUT2D eigenvalue weighted by Crippen LogP contribution is -1.94. The van der Waals surface area contributed by atoms with Gasteiger partial charge in [0.2, 0.25) is 0 Å². The first-order chi connectivity index (χ1) is 13.2. The molecule has 3 heterocycles. The Morgan fingerprint density at radius 2 is 2.11 bits per heavy atom. The van der Waals surface area contributed by atoms with Crippen LogP contribution in [-0.2, 0) is 11.5 Å². The van der Waals surface area contributed by atoms with Crippen LogP contribution in [-0.4, -0.2) is 21.6 Å². The lowest BCUT2D eigenvalue weighted by atomic mass is 10.3. The number of halogens is 1. The largest absolute Gasteiger partial charge is 0.453 e. The third-order valence-electron chi connectivity index (χ3n) is 3.78. The average Bonchev–Trinajstić information content (AvgIpc) is 3.31.